The summed E-state index contributed by atoms with van der Waals surface area (Å²) in [4.78, 5) is 28.2. The molecular formula is C11H13BrN4O3. The van der Waals surface area contributed by atoms with E-state index in [1.54, 1.807) is 4.90 Å². The normalized spacial score (nSPS) is 19.2. The van der Waals surface area contributed by atoms with Crippen LogP contribution in [0.5, 0.6) is 0 Å². The minimum atomic E-state index is -0.480. The van der Waals surface area contributed by atoms with Crippen LogP contribution in [0.15, 0.2) is 16.7 Å². The summed E-state index contributed by atoms with van der Waals surface area (Å²) in [5.41, 5.74) is -0.0949. The zero-order valence-corrected chi connectivity index (χ0v) is 11.9. The molecule has 1 aliphatic rings. The number of carbonyl (C=O) groups excluding carboxylic acids is 1. The summed E-state index contributed by atoms with van der Waals surface area (Å²) in [5.74, 6) is 0.127. The van der Waals surface area contributed by atoms with Crippen molar-refractivity contribution in [2.75, 3.05) is 18.0 Å². The smallest absolute Gasteiger partial charge is 0.312 e. The molecule has 102 valence electrons. The highest BCUT2D eigenvalue weighted by Crippen LogP contribution is 2.30. The predicted octanol–water partition coefficient (Wildman–Crippen LogP) is 1.47. The molecule has 1 amide bonds. The molecule has 0 aliphatic carbocycles. The Morgan fingerprint density at radius 1 is 1.68 bits per heavy atom. The van der Waals surface area contributed by atoms with Gasteiger partial charge in [0.25, 0.3) is 0 Å². The Morgan fingerprint density at radius 3 is 3.05 bits per heavy atom. The largest absolute Gasteiger partial charge is 0.353 e. The number of anilines is 1. The molecule has 1 unspecified atom stereocenters. The lowest BCUT2D eigenvalue weighted by atomic mass is 10.1. The lowest BCUT2D eigenvalue weighted by Crippen LogP contribution is -2.55. The average Bonchev–Trinajstić information content (AvgIpc) is 2.38. The highest BCUT2D eigenvalue weighted by Gasteiger charge is 2.33. The summed E-state index contributed by atoms with van der Waals surface area (Å²) in [5, 5.41) is 13.9. The van der Waals surface area contributed by atoms with Crippen molar-refractivity contribution in [3.05, 3.63) is 26.9 Å². The number of nitrogens with zero attached hydrogens (tertiary/aromatic N) is 3. The lowest BCUT2D eigenvalue weighted by molar-refractivity contribution is -0.384. The Labute approximate surface area is 118 Å². The Hall–Kier alpha value is -1.70. The number of halogens is 1. The molecule has 8 heteroatoms. The van der Waals surface area contributed by atoms with Crippen LogP contribution in [0.2, 0.25) is 0 Å². The number of carbonyl (C=O) groups is 1. The maximum atomic E-state index is 11.8. The minimum absolute atomic E-state index is 0.0949. The summed E-state index contributed by atoms with van der Waals surface area (Å²) in [6, 6.07) is 0.989. The van der Waals surface area contributed by atoms with Gasteiger partial charge in [-0.15, -0.1) is 0 Å². The fraction of sp³-hybridized carbons (Fsp3) is 0.455. The second-order valence-corrected chi connectivity index (χ2v) is 5.08. The molecule has 1 N–H and O–H groups in total. The van der Waals surface area contributed by atoms with Crippen LogP contribution < -0.4 is 10.2 Å². The topological polar surface area (TPSA) is 88.4 Å². The van der Waals surface area contributed by atoms with Crippen LogP contribution >= 0.6 is 15.9 Å². The van der Waals surface area contributed by atoms with Crippen molar-refractivity contribution < 1.29 is 9.72 Å². The van der Waals surface area contributed by atoms with Gasteiger partial charge in [0.15, 0.2) is 0 Å². The molecule has 0 spiro atoms. The lowest BCUT2D eigenvalue weighted by Gasteiger charge is -2.34. The van der Waals surface area contributed by atoms with E-state index in [0.29, 0.717) is 24.0 Å². The van der Waals surface area contributed by atoms with Gasteiger partial charge in [-0.1, -0.05) is 6.92 Å². The molecule has 0 aromatic carbocycles. The van der Waals surface area contributed by atoms with Crippen molar-refractivity contribution >= 4 is 33.3 Å². The van der Waals surface area contributed by atoms with Gasteiger partial charge in [0.05, 0.1) is 4.92 Å². The number of nitro groups is 1. The van der Waals surface area contributed by atoms with E-state index < -0.39 is 11.0 Å². The third kappa shape index (κ3) is 2.67. The number of aromatic nitrogens is 1. The summed E-state index contributed by atoms with van der Waals surface area (Å²) >= 11 is 3.17. The zero-order chi connectivity index (χ0) is 14.0. The van der Waals surface area contributed by atoms with E-state index in [1.165, 1.54) is 12.3 Å². The van der Waals surface area contributed by atoms with Gasteiger partial charge >= 0.3 is 5.69 Å². The van der Waals surface area contributed by atoms with Gasteiger partial charge in [-0.2, -0.15) is 0 Å². The summed E-state index contributed by atoms with van der Waals surface area (Å²) < 4.78 is 0.539. The van der Waals surface area contributed by atoms with Crippen molar-refractivity contribution in [2.24, 2.45) is 0 Å². The summed E-state index contributed by atoms with van der Waals surface area (Å²) in [6.07, 6.45) is 2.07. The molecule has 1 fully saturated rings. The number of hydrogen-bond acceptors (Lipinski definition) is 5. The number of nitrogens with one attached hydrogen (secondary N) is 1. The Balaban J connectivity index is 2.45. The van der Waals surface area contributed by atoms with Gasteiger partial charge in [0.1, 0.15) is 6.04 Å². The third-order valence-corrected chi connectivity index (χ3v) is 3.43. The van der Waals surface area contributed by atoms with E-state index in [2.05, 4.69) is 26.2 Å². The molecule has 0 radical (unpaired) electrons. The predicted molar refractivity (Wildman–Crippen MR) is 73.0 cm³/mol. The van der Waals surface area contributed by atoms with Gasteiger partial charge in [-0.25, -0.2) is 4.98 Å². The molecular weight excluding hydrogens is 316 g/mol. The first-order valence-corrected chi connectivity index (χ1v) is 6.68. The Bertz CT molecular complexity index is 523. The SMILES string of the molecule is CCC1C(=O)NCCN1c1ncc(Br)cc1[N+](=O)[O-]. The maximum Gasteiger partial charge on any atom is 0.312 e. The van der Waals surface area contributed by atoms with Gasteiger partial charge in [-0.05, 0) is 22.4 Å². The molecule has 2 heterocycles. The van der Waals surface area contributed by atoms with E-state index in [0.717, 1.165) is 0 Å². The van der Waals surface area contributed by atoms with Crippen molar-refractivity contribution in [3.8, 4) is 0 Å². The molecule has 0 bridgehead atoms. The van der Waals surface area contributed by atoms with E-state index in [9.17, 15) is 14.9 Å². The van der Waals surface area contributed by atoms with Crippen LogP contribution in [-0.2, 0) is 4.79 Å². The Kier molecular flexibility index (Phi) is 3.98. The van der Waals surface area contributed by atoms with E-state index >= 15 is 0 Å². The van der Waals surface area contributed by atoms with E-state index in [1.807, 2.05) is 6.92 Å². The maximum absolute atomic E-state index is 11.8. The second kappa shape index (κ2) is 5.52. The molecule has 1 aromatic heterocycles. The highest BCUT2D eigenvalue weighted by molar-refractivity contribution is 9.10. The van der Waals surface area contributed by atoms with E-state index in [4.69, 9.17) is 0 Å². The van der Waals surface area contributed by atoms with Crippen LogP contribution in [0.1, 0.15) is 13.3 Å². The molecule has 1 aromatic rings. The van der Waals surface area contributed by atoms with Gasteiger partial charge in [0.2, 0.25) is 11.7 Å². The number of hydrogen-bond donors (Lipinski definition) is 1. The number of pyridine rings is 1. The number of amides is 1. The molecule has 2 rings (SSSR count). The van der Waals surface area contributed by atoms with Crippen molar-refractivity contribution in [1.82, 2.24) is 10.3 Å². The summed E-state index contributed by atoms with van der Waals surface area (Å²) in [6.45, 7) is 2.84. The average molecular weight is 329 g/mol. The fourth-order valence-electron chi connectivity index (χ4n) is 2.15. The number of rotatable bonds is 3. The third-order valence-electron chi connectivity index (χ3n) is 3.00. The van der Waals surface area contributed by atoms with Crippen LogP contribution in [0.3, 0.4) is 0 Å². The van der Waals surface area contributed by atoms with Gasteiger partial charge < -0.3 is 10.2 Å². The fourth-order valence-corrected chi connectivity index (χ4v) is 2.47. The van der Waals surface area contributed by atoms with Crippen molar-refractivity contribution in [3.63, 3.8) is 0 Å². The minimum Gasteiger partial charge on any atom is -0.353 e. The molecule has 0 saturated carbocycles. The molecule has 1 aliphatic heterocycles. The highest BCUT2D eigenvalue weighted by atomic mass is 79.9. The first-order valence-electron chi connectivity index (χ1n) is 5.89. The van der Waals surface area contributed by atoms with Gasteiger partial charge in [-0.3, -0.25) is 14.9 Å². The first kappa shape index (κ1) is 13.7. The van der Waals surface area contributed by atoms with Crippen LogP contribution in [0.25, 0.3) is 0 Å². The quantitative estimate of drug-likeness (QED) is 0.670. The zero-order valence-electron chi connectivity index (χ0n) is 10.3. The molecule has 19 heavy (non-hydrogen) atoms. The molecule has 1 saturated heterocycles. The van der Waals surface area contributed by atoms with Crippen LogP contribution in [0, 0.1) is 10.1 Å². The molecule has 7 nitrogen and oxygen atoms in total. The van der Waals surface area contributed by atoms with Crippen LogP contribution in [0.4, 0.5) is 11.5 Å². The van der Waals surface area contributed by atoms with Crippen molar-refractivity contribution in [2.45, 2.75) is 19.4 Å². The standard InChI is InChI=1S/C11H13BrN4O3/c1-2-8-11(17)13-3-4-15(8)10-9(16(18)19)5-7(12)6-14-10/h5-6,8H,2-4H2,1H3,(H,13,17). The van der Waals surface area contributed by atoms with Crippen molar-refractivity contribution in [1.29, 1.82) is 0 Å². The van der Waals surface area contributed by atoms with E-state index in [-0.39, 0.29) is 17.4 Å². The van der Waals surface area contributed by atoms with Gasteiger partial charge in [0, 0.05) is 29.8 Å². The summed E-state index contributed by atoms with van der Waals surface area (Å²) in [7, 11) is 0. The number of piperazine rings is 1. The first-order chi connectivity index (χ1) is 9.04. The Morgan fingerprint density at radius 2 is 2.42 bits per heavy atom. The van der Waals surface area contributed by atoms with Crippen LogP contribution in [-0.4, -0.2) is 34.9 Å². The molecule has 1 atom stereocenters. The monoisotopic (exact) mass is 328 g/mol. The second-order valence-electron chi connectivity index (χ2n) is 4.16.